The van der Waals surface area contributed by atoms with Crippen molar-refractivity contribution in [2.24, 2.45) is 5.92 Å². The minimum absolute atomic E-state index is 0.0885. The van der Waals surface area contributed by atoms with E-state index in [1.165, 1.54) is 4.31 Å². The first kappa shape index (κ1) is 28.3. The van der Waals surface area contributed by atoms with Crippen LogP contribution in [0.4, 0.5) is 5.69 Å². The van der Waals surface area contributed by atoms with Gasteiger partial charge in [0.05, 0.1) is 11.9 Å². The van der Waals surface area contributed by atoms with Gasteiger partial charge in [0.1, 0.15) is 19.3 Å². The third kappa shape index (κ3) is 8.11. The summed E-state index contributed by atoms with van der Waals surface area (Å²) < 4.78 is 37.5. The molecule has 0 radical (unpaired) electrons. The van der Waals surface area contributed by atoms with Crippen molar-refractivity contribution in [3.63, 3.8) is 0 Å². The Morgan fingerprint density at radius 1 is 1.00 bits per heavy atom. The van der Waals surface area contributed by atoms with Crippen molar-refractivity contribution < 1.29 is 27.5 Å². The maximum atomic E-state index is 13.3. The normalized spacial score (nSPS) is 13.6. The number of ether oxygens (including phenoxy) is 2. The summed E-state index contributed by atoms with van der Waals surface area (Å²) in [5, 5.41) is 2.90. The number of rotatable bonds is 12. The van der Waals surface area contributed by atoms with Crippen LogP contribution in [0, 0.1) is 5.92 Å². The number of nitrogens with zero attached hydrogens (tertiary/aromatic N) is 2. The molecule has 0 spiro atoms. The van der Waals surface area contributed by atoms with E-state index in [0.717, 1.165) is 11.8 Å². The second kappa shape index (κ2) is 12.8. The summed E-state index contributed by atoms with van der Waals surface area (Å²) in [6, 6.07) is 13.8. The third-order valence-corrected chi connectivity index (χ3v) is 7.21. The standard InChI is InChI=1S/C27H37N3O6S/c1-20(2)18-28-27(32)21(3)29(19-22-9-6-5-7-10-22)26(31)11-8-14-30(37(4,33)34)23-12-13-24-25(17-23)36-16-15-35-24/h5-7,9-10,12-13,17,20-21H,8,11,14-16,18-19H2,1-4H3,(H,28,32)/t21-/m0/s1. The smallest absolute Gasteiger partial charge is 0.242 e. The molecule has 1 aliphatic heterocycles. The van der Waals surface area contributed by atoms with Gasteiger partial charge in [0.25, 0.3) is 0 Å². The van der Waals surface area contributed by atoms with Gasteiger partial charge in [0, 0.05) is 32.1 Å². The monoisotopic (exact) mass is 531 g/mol. The largest absolute Gasteiger partial charge is 0.486 e. The molecule has 1 atom stereocenters. The number of fused-ring (bicyclic) bond motifs is 1. The summed E-state index contributed by atoms with van der Waals surface area (Å²) in [7, 11) is -3.61. The van der Waals surface area contributed by atoms with E-state index in [2.05, 4.69) is 5.32 Å². The topological polar surface area (TPSA) is 105 Å². The Labute approximate surface area is 219 Å². The number of carbonyl (C=O) groups is 2. The fourth-order valence-corrected chi connectivity index (χ4v) is 4.96. The van der Waals surface area contributed by atoms with Crippen LogP contribution in [0.2, 0.25) is 0 Å². The first-order chi connectivity index (χ1) is 17.6. The molecule has 0 saturated heterocycles. The number of anilines is 1. The van der Waals surface area contributed by atoms with Gasteiger partial charge in [0.2, 0.25) is 21.8 Å². The maximum Gasteiger partial charge on any atom is 0.242 e. The lowest BCUT2D eigenvalue weighted by Crippen LogP contribution is -2.48. The van der Waals surface area contributed by atoms with E-state index >= 15 is 0 Å². The molecule has 9 nitrogen and oxygen atoms in total. The van der Waals surface area contributed by atoms with Crippen molar-refractivity contribution in [1.82, 2.24) is 10.2 Å². The predicted octanol–water partition coefficient (Wildman–Crippen LogP) is 3.19. The van der Waals surface area contributed by atoms with Crippen molar-refractivity contribution in [2.75, 3.05) is 36.9 Å². The van der Waals surface area contributed by atoms with Crippen LogP contribution < -0.4 is 19.1 Å². The van der Waals surface area contributed by atoms with E-state index in [0.29, 0.717) is 36.9 Å². The highest BCUT2D eigenvalue weighted by Crippen LogP contribution is 2.34. The number of hydrogen-bond donors (Lipinski definition) is 1. The summed E-state index contributed by atoms with van der Waals surface area (Å²) in [5.41, 5.74) is 1.36. The molecule has 0 unspecified atom stereocenters. The summed E-state index contributed by atoms with van der Waals surface area (Å²) in [6.45, 7) is 7.48. The highest BCUT2D eigenvalue weighted by Gasteiger charge is 2.27. The Kier molecular flexibility index (Phi) is 9.79. The van der Waals surface area contributed by atoms with E-state index < -0.39 is 16.1 Å². The Balaban J connectivity index is 1.71. The van der Waals surface area contributed by atoms with Crippen molar-refractivity contribution in [3.05, 3.63) is 54.1 Å². The van der Waals surface area contributed by atoms with Crippen molar-refractivity contribution in [2.45, 2.75) is 46.2 Å². The van der Waals surface area contributed by atoms with E-state index in [-0.39, 0.29) is 43.7 Å². The number of amides is 2. The van der Waals surface area contributed by atoms with E-state index in [4.69, 9.17) is 9.47 Å². The average molecular weight is 532 g/mol. The molecule has 2 aromatic carbocycles. The van der Waals surface area contributed by atoms with Gasteiger partial charge in [-0.1, -0.05) is 44.2 Å². The Morgan fingerprint density at radius 3 is 2.32 bits per heavy atom. The molecule has 3 rings (SSSR count). The van der Waals surface area contributed by atoms with Gasteiger partial charge in [-0.15, -0.1) is 0 Å². The molecule has 10 heteroatoms. The molecule has 37 heavy (non-hydrogen) atoms. The molecule has 0 aromatic heterocycles. The van der Waals surface area contributed by atoms with Gasteiger partial charge in [0.15, 0.2) is 11.5 Å². The van der Waals surface area contributed by atoms with E-state index in [1.807, 2.05) is 44.2 Å². The van der Waals surface area contributed by atoms with Crippen LogP contribution in [0.15, 0.2) is 48.5 Å². The lowest BCUT2D eigenvalue weighted by atomic mass is 10.1. The molecule has 2 aromatic rings. The Bertz CT molecular complexity index is 1170. The summed E-state index contributed by atoms with van der Waals surface area (Å²) in [4.78, 5) is 27.7. The van der Waals surface area contributed by atoms with Crippen LogP contribution in [-0.2, 0) is 26.2 Å². The van der Waals surface area contributed by atoms with E-state index in [1.54, 1.807) is 30.0 Å². The molecule has 0 aliphatic carbocycles. The van der Waals surface area contributed by atoms with Gasteiger partial charge in [-0.05, 0) is 37.0 Å². The molecule has 1 heterocycles. The average Bonchev–Trinajstić information content (AvgIpc) is 2.87. The van der Waals surface area contributed by atoms with Gasteiger partial charge in [-0.25, -0.2) is 8.42 Å². The van der Waals surface area contributed by atoms with E-state index in [9.17, 15) is 18.0 Å². The molecule has 1 aliphatic rings. The van der Waals surface area contributed by atoms with Gasteiger partial charge < -0.3 is 19.7 Å². The number of sulfonamides is 1. The second-order valence-electron chi connectivity index (χ2n) is 9.59. The number of benzene rings is 2. The van der Waals surface area contributed by atoms with Crippen molar-refractivity contribution in [3.8, 4) is 11.5 Å². The van der Waals surface area contributed by atoms with Crippen LogP contribution in [0.5, 0.6) is 11.5 Å². The van der Waals surface area contributed by atoms with Gasteiger partial charge >= 0.3 is 0 Å². The predicted molar refractivity (Wildman–Crippen MR) is 143 cm³/mol. The number of nitrogens with one attached hydrogen (secondary N) is 1. The van der Waals surface area contributed by atoms with Crippen LogP contribution in [0.3, 0.4) is 0 Å². The van der Waals surface area contributed by atoms with Crippen molar-refractivity contribution in [1.29, 1.82) is 0 Å². The van der Waals surface area contributed by atoms with Gasteiger partial charge in [-0.3, -0.25) is 13.9 Å². The summed E-state index contributed by atoms with van der Waals surface area (Å²) in [6.07, 6.45) is 1.51. The minimum Gasteiger partial charge on any atom is -0.486 e. The Morgan fingerprint density at radius 2 is 1.68 bits per heavy atom. The highest BCUT2D eigenvalue weighted by molar-refractivity contribution is 7.92. The zero-order chi connectivity index (χ0) is 27.0. The summed E-state index contributed by atoms with van der Waals surface area (Å²) >= 11 is 0. The molecule has 0 saturated carbocycles. The highest BCUT2D eigenvalue weighted by atomic mass is 32.2. The minimum atomic E-state index is -3.61. The fourth-order valence-electron chi connectivity index (χ4n) is 4.01. The molecule has 1 N–H and O–H groups in total. The molecular weight excluding hydrogens is 494 g/mol. The molecule has 0 fully saturated rings. The maximum absolute atomic E-state index is 13.3. The zero-order valence-electron chi connectivity index (χ0n) is 22.0. The third-order valence-electron chi connectivity index (χ3n) is 6.01. The second-order valence-corrected chi connectivity index (χ2v) is 11.5. The number of carbonyl (C=O) groups excluding carboxylic acids is 2. The quantitative estimate of drug-likeness (QED) is 0.451. The number of hydrogen-bond acceptors (Lipinski definition) is 6. The SMILES string of the molecule is CC(C)CNC(=O)[C@H](C)N(Cc1ccccc1)C(=O)CCCN(c1ccc2c(c1)OCCO2)S(C)(=O)=O. The molecule has 2 amide bonds. The fraction of sp³-hybridized carbons (Fsp3) is 0.481. The van der Waals surface area contributed by atoms with Crippen LogP contribution in [0.1, 0.15) is 39.2 Å². The first-order valence-electron chi connectivity index (χ1n) is 12.5. The zero-order valence-corrected chi connectivity index (χ0v) is 22.8. The summed E-state index contributed by atoms with van der Waals surface area (Å²) in [5.74, 6) is 0.916. The van der Waals surface area contributed by atoms with Gasteiger partial charge in [-0.2, -0.15) is 0 Å². The molecule has 0 bridgehead atoms. The van der Waals surface area contributed by atoms with Crippen LogP contribution >= 0.6 is 0 Å². The van der Waals surface area contributed by atoms with Crippen LogP contribution in [-0.4, -0.2) is 63.7 Å². The lowest BCUT2D eigenvalue weighted by molar-refractivity contribution is -0.140. The van der Waals surface area contributed by atoms with Crippen molar-refractivity contribution >= 4 is 27.5 Å². The Hall–Kier alpha value is -3.27. The molecule has 202 valence electrons. The van der Waals surface area contributed by atoms with Crippen LogP contribution in [0.25, 0.3) is 0 Å². The molecular formula is C27H37N3O6S. The first-order valence-corrected chi connectivity index (χ1v) is 14.4. The lowest BCUT2D eigenvalue weighted by Gasteiger charge is -2.30.